The van der Waals surface area contributed by atoms with Crippen LogP contribution in [0.3, 0.4) is 0 Å². The summed E-state index contributed by atoms with van der Waals surface area (Å²) in [6.45, 7) is 4.35. The summed E-state index contributed by atoms with van der Waals surface area (Å²) in [7, 11) is -3.51. The summed E-state index contributed by atoms with van der Waals surface area (Å²) in [6, 6.07) is 6.78. The van der Waals surface area contributed by atoms with Crippen LogP contribution in [-0.2, 0) is 26.4 Å². The minimum Gasteiger partial charge on any atom is -0.336 e. The molecule has 1 aromatic rings. The number of hydrogen-bond donors (Lipinski definition) is 0. The Bertz CT molecular complexity index is 568. The SMILES string of the molecule is Cc1ccc(S(=O)(=O)N2CCOP2(C)=S)cc1. The summed E-state index contributed by atoms with van der Waals surface area (Å²) in [4.78, 5) is 0.282. The summed E-state index contributed by atoms with van der Waals surface area (Å²) in [6.07, 6.45) is -2.37. The predicted octanol–water partition coefficient (Wildman–Crippen LogP) is 1.96. The lowest BCUT2D eigenvalue weighted by Crippen LogP contribution is -2.25. The van der Waals surface area contributed by atoms with Crippen LogP contribution in [-0.4, -0.2) is 32.3 Å². The van der Waals surface area contributed by atoms with Gasteiger partial charge < -0.3 is 4.52 Å². The monoisotopic (exact) mass is 291 g/mol. The van der Waals surface area contributed by atoms with Crippen molar-refractivity contribution >= 4 is 28.2 Å². The molecule has 1 aliphatic rings. The molecular weight excluding hydrogens is 277 g/mol. The van der Waals surface area contributed by atoms with Crippen molar-refractivity contribution in [2.75, 3.05) is 19.8 Å². The van der Waals surface area contributed by atoms with Crippen molar-refractivity contribution in [2.45, 2.75) is 11.8 Å². The zero-order valence-electron chi connectivity index (χ0n) is 9.66. The maximum absolute atomic E-state index is 12.4. The Balaban J connectivity index is 2.44. The smallest absolute Gasteiger partial charge is 0.248 e. The van der Waals surface area contributed by atoms with Crippen LogP contribution in [0.1, 0.15) is 5.56 Å². The van der Waals surface area contributed by atoms with Crippen molar-refractivity contribution in [3.05, 3.63) is 29.8 Å². The second-order valence-corrected chi connectivity index (χ2v) is 10.5. The van der Waals surface area contributed by atoms with Crippen LogP contribution in [0, 0.1) is 6.92 Å². The number of hydrogen-bond acceptors (Lipinski definition) is 4. The van der Waals surface area contributed by atoms with E-state index in [4.69, 9.17) is 16.3 Å². The Labute approximate surface area is 107 Å². The van der Waals surface area contributed by atoms with Gasteiger partial charge in [0, 0.05) is 13.2 Å². The molecule has 17 heavy (non-hydrogen) atoms. The Morgan fingerprint density at radius 1 is 1.35 bits per heavy atom. The molecule has 0 amide bonds. The molecule has 1 saturated heterocycles. The first-order valence-electron chi connectivity index (χ1n) is 5.16. The molecule has 1 atom stereocenters. The average molecular weight is 291 g/mol. The Morgan fingerprint density at radius 2 is 1.94 bits per heavy atom. The molecule has 0 aliphatic carbocycles. The summed E-state index contributed by atoms with van der Waals surface area (Å²) in [5, 5.41) is 0. The Hall–Kier alpha value is -0.260. The van der Waals surface area contributed by atoms with E-state index < -0.39 is 16.4 Å². The van der Waals surface area contributed by atoms with E-state index in [9.17, 15) is 8.42 Å². The lowest BCUT2D eigenvalue weighted by molar-refractivity contribution is 0.396. The van der Waals surface area contributed by atoms with Gasteiger partial charge in [-0.05, 0) is 30.9 Å². The normalized spacial score (nSPS) is 26.2. The quantitative estimate of drug-likeness (QED) is 0.781. The molecule has 2 rings (SSSR count). The van der Waals surface area contributed by atoms with Crippen LogP contribution in [0.25, 0.3) is 0 Å². The standard InChI is InChI=1S/C10H14NO3PS2/c1-9-3-5-10(6-4-9)17(12,13)11-7-8-14-15(11,2)16/h3-6H,7-8H2,1-2H3. The van der Waals surface area contributed by atoms with Gasteiger partial charge in [0.2, 0.25) is 10.0 Å². The Morgan fingerprint density at radius 3 is 2.41 bits per heavy atom. The van der Waals surface area contributed by atoms with Crippen LogP contribution in [0.4, 0.5) is 0 Å². The van der Waals surface area contributed by atoms with Crippen LogP contribution in [0.5, 0.6) is 0 Å². The second-order valence-electron chi connectivity index (χ2n) is 4.00. The fraction of sp³-hybridized carbons (Fsp3) is 0.400. The van der Waals surface area contributed by atoms with Crippen LogP contribution in [0.2, 0.25) is 0 Å². The summed E-state index contributed by atoms with van der Waals surface area (Å²) in [5.74, 6) is 0. The molecule has 0 bridgehead atoms. The maximum atomic E-state index is 12.4. The maximum Gasteiger partial charge on any atom is 0.248 e. The van der Waals surface area contributed by atoms with Gasteiger partial charge in [-0.2, -0.15) is 0 Å². The molecule has 1 aliphatic heterocycles. The van der Waals surface area contributed by atoms with E-state index in [0.29, 0.717) is 13.2 Å². The van der Waals surface area contributed by atoms with Gasteiger partial charge in [-0.1, -0.05) is 17.7 Å². The van der Waals surface area contributed by atoms with Crippen LogP contribution in [0.15, 0.2) is 29.2 Å². The van der Waals surface area contributed by atoms with Crippen molar-refractivity contribution in [1.29, 1.82) is 0 Å². The topological polar surface area (TPSA) is 46.6 Å². The molecule has 1 heterocycles. The molecule has 0 radical (unpaired) electrons. The highest BCUT2D eigenvalue weighted by Crippen LogP contribution is 2.53. The van der Waals surface area contributed by atoms with Gasteiger partial charge in [0.25, 0.3) is 0 Å². The molecule has 0 aromatic heterocycles. The molecule has 4 nitrogen and oxygen atoms in total. The third-order valence-corrected chi connectivity index (χ3v) is 8.69. The molecule has 7 heteroatoms. The summed E-state index contributed by atoms with van der Waals surface area (Å²) < 4.78 is 31.4. The third-order valence-electron chi connectivity index (χ3n) is 2.61. The van der Waals surface area contributed by atoms with Gasteiger partial charge >= 0.3 is 0 Å². The highest BCUT2D eigenvalue weighted by molar-refractivity contribution is 8.15. The van der Waals surface area contributed by atoms with Crippen molar-refractivity contribution < 1.29 is 12.9 Å². The van der Waals surface area contributed by atoms with Crippen molar-refractivity contribution in [1.82, 2.24) is 4.08 Å². The van der Waals surface area contributed by atoms with E-state index in [1.807, 2.05) is 6.92 Å². The van der Waals surface area contributed by atoms with Gasteiger partial charge in [-0.15, -0.1) is 4.08 Å². The highest BCUT2D eigenvalue weighted by atomic mass is 32.5. The number of nitrogens with zero attached hydrogens (tertiary/aromatic N) is 1. The zero-order valence-corrected chi connectivity index (χ0v) is 12.2. The fourth-order valence-electron chi connectivity index (χ4n) is 1.68. The van der Waals surface area contributed by atoms with Crippen LogP contribution < -0.4 is 0 Å². The van der Waals surface area contributed by atoms with E-state index in [1.165, 1.54) is 4.08 Å². The van der Waals surface area contributed by atoms with Crippen molar-refractivity contribution in [3.8, 4) is 0 Å². The zero-order chi connectivity index (χ0) is 12.7. The fourth-order valence-corrected chi connectivity index (χ4v) is 6.96. The van der Waals surface area contributed by atoms with Crippen LogP contribution >= 0.6 is 6.42 Å². The molecule has 1 unspecified atom stereocenters. The van der Waals surface area contributed by atoms with Gasteiger partial charge in [-0.3, -0.25) is 0 Å². The Kier molecular flexibility index (Phi) is 3.45. The van der Waals surface area contributed by atoms with E-state index in [2.05, 4.69) is 0 Å². The number of benzene rings is 1. The lowest BCUT2D eigenvalue weighted by Gasteiger charge is -2.22. The lowest BCUT2D eigenvalue weighted by atomic mass is 10.2. The number of sulfonamides is 1. The molecule has 94 valence electrons. The number of rotatable bonds is 2. The first kappa shape index (κ1) is 13.2. The molecule has 0 saturated carbocycles. The molecular formula is C10H14NO3PS2. The van der Waals surface area contributed by atoms with Gasteiger partial charge in [-0.25, -0.2) is 8.42 Å². The predicted molar refractivity (Wildman–Crippen MR) is 71.2 cm³/mol. The molecule has 0 N–H and O–H groups in total. The van der Waals surface area contributed by atoms with E-state index in [1.54, 1.807) is 30.9 Å². The van der Waals surface area contributed by atoms with Crippen molar-refractivity contribution in [2.24, 2.45) is 0 Å². The largest absolute Gasteiger partial charge is 0.336 e. The highest BCUT2D eigenvalue weighted by Gasteiger charge is 2.38. The summed E-state index contributed by atoms with van der Waals surface area (Å²) in [5.41, 5.74) is 1.03. The molecule has 0 spiro atoms. The van der Waals surface area contributed by atoms with E-state index in [-0.39, 0.29) is 4.90 Å². The molecule has 1 aromatic carbocycles. The minimum atomic E-state index is -3.51. The molecule has 1 fully saturated rings. The first-order chi connectivity index (χ1) is 7.84. The van der Waals surface area contributed by atoms with Crippen molar-refractivity contribution in [3.63, 3.8) is 0 Å². The third kappa shape index (κ3) is 2.46. The van der Waals surface area contributed by atoms with E-state index in [0.717, 1.165) is 5.56 Å². The van der Waals surface area contributed by atoms with Gasteiger partial charge in [0.05, 0.1) is 11.5 Å². The van der Waals surface area contributed by atoms with Gasteiger partial charge in [0.1, 0.15) is 6.42 Å². The minimum absolute atomic E-state index is 0.282. The summed E-state index contributed by atoms with van der Waals surface area (Å²) >= 11 is 5.24. The number of aryl methyl sites for hydroxylation is 1. The van der Waals surface area contributed by atoms with E-state index >= 15 is 0 Å². The van der Waals surface area contributed by atoms with Gasteiger partial charge in [0.15, 0.2) is 0 Å². The first-order valence-corrected chi connectivity index (χ1v) is 9.72. The average Bonchev–Trinajstić information content (AvgIpc) is 2.59. The second kappa shape index (κ2) is 4.44.